The maximum Gasteiger partial charge on any atom is 0.279 e. The van der Waals surface area contributed by atoms with Crippen molar-refractivity contribution in [3.8, 4) is 5.75 Å². The number of aryl methyl sites for hydroxylation is 1. The fourth-order valence-electron chi connectivity index (χ4n) is 3.84. The van der Waals surface area contributed by atoms with Gasteiger partial charge in [0, 0.05) is 25.1 Å². The first-order chi connectivity index (χ1) is 15.8. The van der Waals surface area contributed by atoms with Gasteiger partial charge in [-0.05, 0) is 36.1 Å². The minimum atomic E-state index is -0.338. The first-order valence-electron chi connectivity index (χ1n) is 11.1. The second kappa shape index (κ2) is 9.83. The molecule has 0 saturated heterocycles. The number of benzene rings is 2. The van der Waals surface area contributed by atoms with Gasteiger partial charge in [0.2, 0.25) is 5.91 Å². The van der Waals surface area contributed by atoms with Crippen molar-refractivity contribution in [1.82, 2.24) is 9.55 Å². The number of hydrogen-bond acceptors (Lipinski definition) is 5. The van der Waals surface area contributed by atoms with Crippen LogP contribution in [-0.2, 0) is 17.6 Å². The maximum atomic E-state index is 13.1. The van der Waals surface area contributed by atoms with E-state index in [0.717, 1.165) is 16.9 Å². The van der Waals surface area contributed by atoms with Gasteiger partial charge in [0.05, 0.1) is 12.2 Å². The third-order valence-corrected chi connectivity index (χ3v) is 6.76. The molecule has 1 N–H and O–H groups in total. The van der Waals surface area contributed by atoms with Crippen LogP contribution in [0.15, 0.2) is 58.5 Å². The van der Waals surface area contributed by atoms with Crippen molar-refractivity contribution >= 4 is 23.5 Å². The van der Waals surface area contributed by atoms with Crippen LogP contribution < -0.4 is 15.6 Å². The van der Waals surface area contributed by atoms with Gasteiger partial charge in [0.25, 0.3) is 5.56 Å². The maximum absolute atomic E-state index is 13.1. The number of carbonyl (C=O) groups is 1. The van der Waals surface area contributed by atoms with Gasteiger partial charge in [-0.15, -0.1) is 0 Å². The average molecular weight is 464 g/mol. The third kappa shape index (κ3) is 5.30. The standard InChI is InChI=1S/C26H29N3O3S/c1-16(2)14-32-20-11-9-19(10-12-20)21-13-22(30)27-24-23(21)25(31)28-26(29(24)4)33-15-18-7-5-17(3)6-8-18/h5-12,16,21H,13-15H2,1-4H3,(H,27,30)/t21-/m0/s1. The van der Waals surface area contributed by atoms with Crippen LogP contribution in [0.2, 0.25) is 0 Å². The summed E-state index contributed by atoms with van der Waals surface area (Å²) in [5.74, 6) is 1.99. The molecule has 33 heavy (non-hydrogen) atoms. The summed E-state index contributed by atoms with van der Waals surface area (Å²) >= 11 is 1.48. The lowest BCUT2D eigenvalue weighted by Gasteiger charge is -2.27. The smallest absolute Gasteiger partial charge is 0.279 e. The quantitative estimate of drug-likeness (QED) is 0.399. The summed E-state index contributed by atoms with van der Waals surface area (Å²) in [5.41, 5.74) is 3.50. The van der Waals surface area contributed by atoms with E-state index in [4.69, 9.17) is 4.74 Å². The molecule has 4 rings (SSSR count). The number of amides is 1. The summed E-state index contributed by atoms with van der Waals surface area (Å²) in [6.07, 6.45) is 0.214. The Bertz CT molecular complexity index is 1200. The van der Waals surface area contributed by atoms with Gasteiger partial charge in [-0.3, -0.25) is 9.59 Å². The van der Waals surface area contributed by atoms with Crippen molar-refractivity contribution in [3.05, 3.63) is 81.1 Å². The van der Waals surface area contributed by atoms with E-state index in [1.165, 1.54) is 17.3 Å². The second-order valence-electron chi connectivity index (χ2n) is 8.87. The van der Waals surface area contributed by atoms with Crippen LogP contribution in [0.4, 0.5) is 5.82 Å². The number of fused-ring (bicyclic) bond motifs is 1. The van der Waals surface area contributed by atoms with E-state index in [1.54, 1.807) is 0 Å². The van der Waals surface area contributed by atoms with Gasteiger partial charge in [-0.1, -0.05) is 67.6 Å². The molecule has 0 fully saturated rings. The molecule has 0 spiro atoms. The molecule has 2 aromatic carbocycles. The topological polar surface area (TPSA) is 73.2 Å². The molecular formula is C26H29N3O3S. The fraction of sp³-hybridized carbons (Fsp3) is 0.346. The first-order valence-corrected chi connectivity index (χ1v) is 12.1. The van der Waals surface area contributed by atoms with Crippen molar-refractivity contribution in [2.24, 2.45) is 13.0 Å². The number of rotatable bonds is 7. The lowest BCUT2D eigenvalue weighted by atomic mass is 9.87. The molecule has 1 aliphatic rings. The Labute approximate surface area is 198 Å². The van der Waals surface area contributed by atoms with Crippen LogP contribution in [0.5, 0.6) is 5.75 Å². The van der Waals surface area contributed by atoms with Crippen molar-refractivity contribution < 1.29 is 9.53 Å². The highest BCUT2D eigenvalue weighted by atomic mass is 32.2. The zero-order valence-corrected chi connectivity index (χ0v) is 20.2. The van der Waals surface area contributed by atoms with Gasteiger partial charge >= 0.3 is 0 Å². The molecule has 2 heterocycles. The Morgan fingerprint density at radius 1 is 1.12 bits per heavy atom. The van der Waals surface area contributed by atoms with E-state index in [0.29, 0.717) is 34.8 Å². The SMILES string of the molecule is Cc1ccc(CSc2nc(=O)c3c(n2C)NC(=O)C[C@H]3c2ccc(OCC(C)C)cc2)cc1. The number of carbonyl (C=O) groups excluding carboxylic acids is 1. The number of thioether (sulfide) groups is 1. The molecule has 0 saturated carbocycles. The van der Waals surface area contributed by atoms with Crippen molar-refractivity contribution in [1.29, 1.82) is 0 Å². The molecule has 0 aliphatic carbocycles. The monoisotopic (exact) mass is 463 g/mol. The number of nitrogens with one attached hydrogen (secondary N) is 1. The van der Waals surface area contributed by atoms with E-state index in [2.05, 4.69) is 55.3 Å². The van der Waals surface area contributed by atoms with E-state index in [1.807, 2.05) is 35.9 Å². The molecule has 3 aromatic rings. The first kappa shape index (κ1) is 23.1. The molecule has 172 valence electrons. The minimum absolute atomic E-state index is 0.108. The number of anilines is 1. The van der Waals surface area contributed by atoms with Gasteiger partial charge in [0.1, 0.15) is 11.6 Å². The summed E-state index contributed by atoms with van der Waals surface area (Å²) in [5, 5.41) is 3.49. The number of hydrogen-bond donors (Lipinski definition) is 1. The predicted molar refractivity (Wildman–Crippen MR) is 132 cm³/mol. The lowest BCUT2D eigenvalue weighted by molar-refractivity contribution is -0.116. The third-order valence-electron chi connectivity index (χ3n) is 5.66. The molecule has 0 bridgehead atoms. The zero-order chi connectivity index (χ0) is 23.5. The zero-order valence-electron chi connectivity index (χ0n) is 19.4. The molecule has 1 aliphatic heterocycles. The number of aromatic nitrogens is 2. The van der Waals surface area contributed by atoms with E-state index >= 15 is 0 Å². The highest BCUT2D eigenvalue weighted by Gasteiger charge is 2.32. The Hall–Kier alpha value is -3.06. The fourth-order valence-corrected chi connectivity index (χ4v) is 4.76. The van der Waals surface area contributed by atoms with Gasteiger partial charge in [-0.2, -0.15) is 4.98 Å². The lowest BCUT2D eigenvalue weighted by Crippen LogP contribution is -2.33. The van der Waals surface area contributed by atoms with Crippen LogP contribution in [0, 0.1) is 12.8 Å². The Morgan fingerprint density at radius 2 is 1.82 bits per heavy atom. The second-order valence-corrected chi connectivity index (χ2v) is 9.82. The average Bonchev–Trinajstić information content (AvgIpc) is 2.80. The van der Waals surface area contributed by atoms with E-state index in [9.17, 15) is 9.59 Å². The highest BCUT2D eigenvalue weighted by Crippen LogP contribution is 2.36. The summed E-state index contributed by atoms with van der Waals surface area (Å²) in [4.78, 5) is 30.1. The Morgan fingerprint density at radius 3 is 2.48 bits per heavy atom. The highest BCUT2D eigenvalue weighted by molar-refractivity contribution is 7.98. The van der Waals surface area contributed by atoms with Crippen LogP contribution in [0.1, 0.15) is 48.4 Å². The van der Waals surface area contributed by atoms with Crippen LogP contribution in [0.3, 0.4) is 0 Å². The minimum Gasteiger partial charge on any atom is -0.493 e. The molecule has 1 amide bonds. The number of ether oxygens (including phenoxy) is 1. The molecule has 1 atom stereocenters. The molecule has 6 nitrogen and oxygen atoms in total. The molecule has 1 aromatic heterocycles. The molecule has 0 unspecified atom stereocenters. The molecular weight excluding hydrogens is 434 g/mol. The van der Waals surface area contributed by atoms with Crippen molar-refractivity contribution in [2.45, 2.75) is 44.0 Å². The Balaban J connectivity index is 1.61. The molecule has 0 radical (unpaired) electrons. The normalized spacial score (nSPS) is 15.3. The molecule has 7 heteroatoms. The van der Waals surface area contributed by atoms with Crippen LogP contribution in [-0.4, -0.2) is 22.1 Å². The summed E-state index contributed by atoms with van der Waals surface area (Å²) in [7, 11) is 1.84. The van der Waals surface area contributed by atoms with E-state index < -0.39 is 0 Å². The van der Waals surface area contributed by atoms with Crippen LogP contribution in [0.25, 0.3) is 0 Å². The summed E-state index contributed by atoms with van der Waals surface area (Å²) in [6.45, 7) is 6.89. The summed E-state index contributed by atoms with van der Waals surface area (Å²) < 4.78 is 7.59. The van der Waals surface area contributed by atoms with Gasteiger partial charge < -0.3 is 14.6 Å². The van der Waals surface area contributed by atoms with Gasteiger partial charge in [0.15, 0.2) is 5.16 Å². The van der Waals surface area contributed by atoms with Crippen molar-refractivity contribution in [3.63, 3.8) is 0 Å². The largest absolute Gasteiger partial charge is 0.493 e. The summed E-state index contributed by atoms with van der Waals surface area (Å²) in [6, 6.07) is 15.9. The Kier molecular flexibility index (Phi) is 6.88. The van der Waals surface area contributed by atoms with Crippen LogP contribution >= 0.6 is 11.8 Å². The predicted octanol–water partition coefficient (Wildman–Crippen LogP) is 4.89. The van der Waals surface area contributed by atoms with Crippen molar-refractivity contribution in [2.75, 3.05) is 11.9 Å². The number of nitrogens with zero attached hydrogens (tertiary/aromatic N) is 2. The van der Waals surface area contributed by atoms with Gasteiger partial charge in [-0.25, -0.2) is 0 Å². The van der Waals surface area contributed by atoms with E-state index in [-0.39, 0.29) is 23.8 Å².